The van der Waals surface area contributed by atoms with Crippen LogP contribution in [0.5, 0.6) is 34.5 Å². The number of nitrogen functional groups attached to an aromatic ring is 6. The van der Waals surface area contributed by atoms with Gasteiger partial charge >= 0.3 is 0 Å². The molecular weight excluding hydrogens is 825 g/mol. The van der Waals surface area contributed by atoms with Gasteiger partial charge in [-0.1, -0.05) is 38.1 Å². The second kappa shape index (κ2) is 22.4. The molecule has 7 aromatic rings. The maximum Gasteiger partial charge on any atom is 0.208 e. The van der Waals surface area contributed by atoms with Crippen molar-refractivity contribution in [2.24, 2.45) is 0 Å². The van der Waals surface area contributed by atoms with Crippen LogP contribution in [0.1, 0.15) is 44.2 Å². The first-order valence-corrected chi connectivity index (χ1v) is 20.2. The van der Waals surface area contributed by atoms with Gasteiger partial charge in [0.05, 0.1) is 13.2 Å². The zero-order valence-corrected chi connectivity index (χ0v) is 35.5. The molecule has 7 rings (SSSR count). The SMILES string of the molecule is CC(C)(c1ccc(N)cc1)c1ccc(N)cc1.Nc1ccc(OCCCCCOc2ccc(N)cc2)cc1.Nc1ccc(Oc2c(F)c(F)c(Oc3ccc(N)cc3)c(F)c2F)cc1. The lowest BCUT2D eigenvalue weighted by Gasteiger charge is -2.26. The fraction of sp³-hybridized carbons (Fsp3) is 0.160. The molecule has 14 heteroatoms. The summed E-state index contributed by atoms with van der Waals surface area (Å²) in [5.41, 5.74) is 39.9. The molecule has 0 unspecified atom stereocenters. The lowest BCUT2D eigenvalue weighted by Crippen LogP contribution is -2.18. The third-order valence-electron chi connectivity index (χ3n) is 9.73. The third-order valence-corrected chi connectivity index (χ3v) is 9.73. The molecule has 0 heterocycles. The van der Waals surface area contributed by atoms with E-state index in [2.05, 4.69) is 38.1 Å². The summed E-state index contributed by atoms with van der Waals surface area (Å²) < 4.78 is 77.9. The van der Waals surface area contributed by atoms with Crippen LogP contribution in [-0.2, 0) is 5.41 Å². The summed E-state index contributed by atoms with van der Waals surface area (Å²) in [6.45, 7) is 5.83. The Kier molecular flexibility index (Phi) is 16.5. The van der Waals surface area contributed by atoms with E-state index in [9.17, 15) is 17.6 Å². The van der Waals surface area contributed by atoms with Gasteiger partial charge in [-0.2, -0.15) is 17.6 Å². The first kappa shape index (κ1) is 47.3. The average Bonchev–Trinajstić information content (AvgIpc) is 3.29. The Morgan fingerprint density at radius 1 is 0.344 bits per heavy atom. The maximum absolute atomic E-state index is 14.2. The van der Waals surface area contributed by atoms with Crippen LogP contribution in [0.15, 0.2) is 146 Å². The van der Waals surface area contributed by atoms with Crippen molar-refractivity contribution in [2.45, 2.75) is 38.5 Å². The number of anilines is 6. The van der Waals surface area contributed by atoms with Crippen LogP contribution in [0.3, 0.4) is 0 Å². The van der Waals surface area contributed by atoms with Crippen molar-refractivity contribution in [3.63, 3.8) is 0 Å². The first-order chi connectivity index (χ1) is 30.6. The monoisotopic (exact) mass is 876 g/mol. The lowest BCUT2D eigenvalue weighted by atomic mass is 9.78. The Balaban J connectivity index is 0.000000185. The molecule has 0 atom stereocenters. The van der Waals surface area contributed by atoms with E-state index in [4.69, 9.17) is 53.3 Å². The molecule has 0 fully saturated rings. The number of ether oxygens (including phenoxy) is 4. The largest absolute Gasteiger partial charge is 0.494 e. The van der Waals surface area contributed by atoms with Gasteiger partial charge in [0.15, 0.2) is 0 Å². The van der Waals surface area contributed by atoms with Gasteiger partial charge in [-0.05, 0) is 152 Å². The van der Waals surface area contributed by atoms with Gasteiger partial charge in [-0.15, -0.1) is 0 Å². The summed E-state index contributed by atoms with van der Waals surface area (Å²) in [6, 6.07) is 41.8. The van der Waals surface area contributed by atoms with Crippen molar-refractivity contribution in [3.05, 3.63) is 180 Å². The Hall–Kier alpha value is -7.74. The van der Waals surface area contributed by atoms with Crippen LogP contribution in [0, 0.1) is 23.3 Å². The molecule has 0 saturated heterocycles. The number of hydrogen-bond donors (Lipinski definition) is 6. The molecule has 0 aromatic heterocycles. The first-order valence-electron chi connectivity index (χ1n) is 20.2. The van der Waals surface area contributed by atoms with Crippen molar-refractivity contribution in [1.29, 1.82) is 0 Å². The smallest absolute Gasteiger partial charge is 0.208 e. The highest BCUT2D eigenvalue weighted by atomic mass is 19.2. The number of benzene rings is 7. The van der Waals surface area contributed by atoms with Crippen molar-refractivity contribution >= 4 is 34.1 Å². The van der Waals surface area contributed by atoms with E-state index in [1.165, 1.54) is 59.7 Å². The van der Waals surface area contributed by atoms with Crippen LogP contribution >= 0.6 is 0 Å². The topological polar surface area (TPSA) is 193 Å². The van der Waals surface area contributed by atoms with Gasteiger partial charge in [0.25, 0.3) is 0 Å². The molecule has 0 aliphatic carbocycles. The normalized spacial score (nSPS) is 10.7. The number of unbranched alkanes of at least 4 members (excludes halogenated alkanes) is 2. The fourth-order valence-electron chi connectivity index (χ4n) is 5.93. The minimum absolute atomic E-state index is 0.0403. The Morgan fingerprint density at radius 2 is 0.578 bits per heavy atom. The molecule has 0 amide bonds. The van der Waals surface area contributed by atoms with Gasteiger partial charge < -0.3 is 53.3 Å². The van der Waals surface area contributed by atoms with E-state index in [0.29, 0.717) is 24.6 Å². The molecule has 0 aliphatic heterocycles. The summed E-state index contributed by atoms with van der Waals surface area (Å²) in [5.74, 6) is -7.76. The predicted molar refractivity (Wildman–Crippen MR) is 249 cm³/mol. The zero-order chi connectivity index (χ0) is 46.2. The lowest BCUT2D eigenvalue weighted by molar-refractivity contribution is 0.279. The molecule has 10 nitrogen and oxygen atoms in total. The van der Waals surface area contributed by atoms with Crippen LogP contribution in [0.25, 0.3) is 0 Å². The number of hydrogen-bond acceptors (Lipinski definition) is 10. The van der Waals surface area contributed by atoms with E-state index in [1.807, 2.05) is 72.8 Å². The summed E-state index contributed by atoms with van der Waals surface area (Å²) in [7, 11) is 0. The highest BCUT2D eigenvalue weighted by Crippen LogP contribution is 2.39. The predicted octanol–water partition coefficient (Wildman–Crippen LogP) is 11.6. The third kappa shape index (κ3) is 13.6. The Bertz CT molecular complexity index is 2320. The van der Waals surface area contributed by atoms with E-state index < -0.39 is 34.8 Å². The molecule has 0 bridgehead atoms. The van der Waals surface area contributed by atoms with Crippen molar-refractivity contribution in [3.8, 4) is 34.5 Å². The molecule has 7 aromatic carbocycles. The van der Waals surface area contributed by atoms with Gasteiger partial charge in [0, 0.05) is 39.5 Å². The molecule has 0 saturated carbocycles. The summed E-state index contributed by atoms with van der Waals surface area (Å²) in [6.07, 6.45) is 3.09. The molecule has 12 N–H and O–H groups in total. The number of rotatable bonds is 14. The summed E-state index contributed by atoms with van der Waals surface area (Å²) >= 11 is 0. The molecule has 0 aliphatic rings. The standard InChI is InChI=1S/C18H12F4N2O2.C17H22N2O2.C15H18N2/c19-13-15(21)18(26-12-7-3-10(24)4-8-12)16(22)14(20)17(13)25-11-5-1-9(23)2-6-11;18-14-4-8-16(9-5-14)20-12-2-1-3-13-21-17-10-6-15(19)7-11-17;1-15(2,11-3-7-13(16)8-4-11)12-5-9-14(17)10-6-12/h1-8H,23-24H2;4-11H,1-3,12-13,18-19H2;3-10H,16-17H2,1-2H3. The van der Waals surface area contributed by atoms with Crippen molar-refractivity contribution < 1.29 is 36.5 Å². The second-order valence-corrected chi connectivity index (χ2v) is 15.0. The van der Waals surface area contributed by atoms with Gasteiger partial charge in [-0.25, -0.2) is 0 Å². The van der Waals surface area contributed by atoms with E-state index in [1.54, 1.807) is 0 Å². The Labute approximate surface area is 370 Å². The zero-order valence-electron chi connectivity index (χ0n) is 35.5. The van der Waals surface area contributed by atoms with Crippen LogP contribution in [0.4, 0.5) is 51.7 Å². The molecular formula is C50H52F4N6O4. The number of halogens is 4. The fourth-order valence-corrected chi connectivity index (χ4v) is 5.93. The highest BCUT2D eigenvalue weighted by Gasteiger charge is 2.29. The quantitative estimate of drug-likeness (QED) is 0.0265. The van der Waals surface area contributed by atoms with E-state index in [-0.39, 0.29) is 16.9 Å². The second-order valence-electron chi connectivity index (χ2n) is 15.0. The minimum Gasteiger partial charge on any atom is -0.494 e. The average molecular weight is 877 g/mol. The van der Waals surface area contributed by atoms with Crippen molar-refractivity contribution in [2.75, 3.05) is 47.6 Å². The summed E-state index contributed by atoms with van der Waals surface area (Å²) in [5, 5.41) is 0. The highest BCUT2D eigenvalue weighted by molar-refractivity contribution is 5.50. The maximum atomic E-state index is 14.2. The van der Waals surface area contributed by atoms with E-state index >= 15 is 0 Å². The number of nitrogens with two attached hydrogens (primary N) is 6. The van der Waals surface area contributed by atoms with E-state index in [0.717, 1.165) is 53.5 Å². The van der Waals surface area contributed by atoms with Crippen LogP contribution in [0.2, 0.25) is 0 Å². The van der Waals surface area contributed by atoms with Crippen LogP contribution < -0.4 is 53.3 Å². The Morgan fingerprint density at radius 3 is 0.844 bits per heavy atom. The molecule has 64 heavy (non-hydrogen) atoms. The van der Waals surface area contributed by atoms with Gasteiger partial charge in [-0.3, -0.25) is 0 Å². The molecule has 0 spiro atoms. The van der Waals surface area contributed by atoms with Crippen molar-refractivity contribution in [1.82, 2.24) is 0 Å². The molecule has 0 radical (unpaired) electrons. The van der Waals surface area contributed by atoms with Crippen LogP contribution in [-0.4, -0.2) is 13.2 Å². The minimum atomic E-state index is -1.73. The summed E-state index contributed by atoms with van der Waals surface area (Å²) in [4.78, 5) is 0. The molecule has 334 valence electrons. The van der Waals surface area contributed by atoms with Gasteiger partial charge in [0.1, 0.15) is 23.0 Å². The van der Waals surface area contributed by atoms with Gasteiger partial charge in [0.2, 0.25) is 34.8 Å².